The van der Waals surface area contributed by atoms with Crippen molar-refractivity contribution in [1.29, 1.82) is 0 Å². The van der Waals surface area contributed by atoms with Crippen LogP contribution in [0.2, 0.25) is 0 Å². The summed E-state index contributed by atoms with van der Waals surface area (Å²) in [5.41, 5.74) is 1.05. The number of rotatable bonds is 5. The van der Waals surface area contributed by atoms with Crippen LogP contribution in [0.15, 0.2) is 53.5 Å². The van der Waals surface area contributed by atoms with E-state index in [1.807, 2.05) is 0 Å². The molecule has 0 aliphatic heterocycles. The Morgan fingerprint density at radius 3 is 2.81 bits per heavy atom. The van der Waals surface area contributed by atoms with Gasteiger partial charge in [-0.05, 0) is 31.2 Å². The second-order valence-corrected chi connectivity index (χ2v) is 6.99. The summed E-state index contributed by atoms with van der Waals surface area (Å²) in [5.74, 6) is -0.859. The van der Waals surface area contributed by atoms with Crippen molar-refractivity contribution in [2.75, 3.05) is 7.11 Å². The zero-order chi connectivity index (χ0) is 22.1. The van der Waals surface area contributed by atoms with Gasteiger partial charge in [-0.1, -0.05) is 6.07 Å². The van der Waals surface area contributed by atoms with Gasteiger partial charge in [0, 0.05) is 41.4 Å². The highest BCUT2D eigenvalue weighted by molar-refractivity contribution is 5.92. The van der Waals surface area contributed by atoms with Gasteiger partial charge in [-0.3, -0.25) is 14.0 Å². The van der Waals surface area contributed by atoms with Crippen LogP contribution in [-0.4, -0.2) is 32.5 Å². The van der Waals surface area contributed by atoms with E-state index < -0.39 is 18.0 Å². The van der Waals surface area contributed by atoms with Crippen LogP contribution in [0.5, 0.6) is 5.75 Å². The molecule has 3 heterocycles. The van der Waals surface area contributed by atoms with Gasteiger partial charge in [-0.15, -0.1) is 0 Å². The Hall–Kier alpha value is -3.85. The quantitative estimate of drug-likeness (QED) is 0.479. The van der Waals surface area contributed by atoms with E-state index in [4.69, 9.17) is 4.74 Å². The molecule has 1 aromatic carbocycles. The zero-order valence-electron chi connectivity index (χ0n) is 16.8. The summed E-state index contributed by atoms with van der Waals surface area (Å²) in [4.78, 5) is 32.9. The van der Waals surface area contributed by atoms with Gasteiger partial charge in [0.15, 0.2) is 0 Å². The normalized spacial score (nSPS) is 12.1. The molecule has 0 aliphatic carbocycles. The molecule has 158 valence electrons. The monoisotopic (exact) mass is 422 g/mol. The number of fused-ring (bicyclic) bond motifs is 2. The summed E-state index contributed by atoms with van der Waals surface area (Å²) in [6.07, 6.45) is 0.560. The van der Waals surface area contributed by atoms with Gasteiger partial charge in [0.05, 0.1) is 18.7 Å². The fraction of sp³-hybridized carbons (Fsp3) is 0.182. The molecule has 1 amide bonds. The number of aliphatic hydroxyl groups is 1. The lowest BCUT2D eigenvalue weighted by Gasteiger charge is -2.13. The number of ether oxygens (including phenoxy) is 1. The maximum atomic E-state index is 14.1. The standard InChI is InChI=1S/C22H19FN4O4/c1-12(28)15-8-13-7-14(18(31-2)9-16(13)26-21(15)23)11-24-22(30)17-10-20(29)27-6-4-3-5-19(27)25-17/h3-10,12,28H,11H2,1-2H3,(H,24,30). The van der Waals surface area contributed by atoms with Crippen molar-refractivity contribution in [3.63, 3.8) is 0 Å². The zero-order valence-corrected chi connectivity index (χ0v) is 16.8. The van der Waals surface area contributed by atoms with Crippen molar-refractivity contribution < 1.29 is 19.0 Å². The molecule has 0 fully saturated rings. The molecule has 0 radical (unpaired) electrons. The third kappa shape index (κ3) is 3.95. The summed E-state index contributed by atoms with van der Waals surface area (Å²) < 4.78 is 20.8. The number of pyridine rings is 2. The van der Waals surface area contributed by atoms with Crippen molar-refractivity contribution in [2.45, 2.75) is 19.6 Å². The minimum Gasteiger partial charge on any atom is -0.496 e. The maximum Gasteiger partial charge on any atom is 0.270 e. The first kappa shape index (κ1) is 20.4. The van der Waals surface area contributed by atoms with Gasteiger partial charge in [0.2, 0.25) is 5.95 Å². The number of benzene rings is 1. The SMILES string of the molecule is COc1cc2nc(F)c(C(C)O)cc2cc1CNC(=O)c1cc(=O)n2ccccc2n1. The van der Waals surface area contributed by atoms with E-state index in [-0.39, 0.29) is 23.4 Å². The highest BCUT2D eigenvalue weighted by Gasteiger charge is 2.15. The minimum absolute atomic E-state index is 0.00362. The summed E-state index contributed by atoms with van der Waals surface area (Å²) in [6.45, 7) is 1.53. The van der Waals surface area contributed by atoms with Crippen molar-refractivity contribution in [3.8, 4) is 5.75 Å². The average molecular weight is 422 g/mol. The topological polar surface area (TPSA) is 106 Å². The van der Waals surface area contributed by atoms with E-state index in [2.05, 4.69) is 15.3 Å². The molecular formula is C22H19FN4O4. The van der Waals surface area contributed by atoms with Crippen LogP contribution in [0.25, 0.3) is 16.6 Å². The molecule has 9 heteroatoms. The van der Waals surface area contributed by atoms with Gasteiger partial charge in [-0.2, -0.15) is 4.39 Å². The molecule has 8 nitrogen and oxygen atoms in total. The number of hydrogen-bond donors (Lipinski definition) is 2. The van der Waals surface area contributed by atoms with E-state index in [1.54, 1.807) is 36.5 Å². The smallest absolute Gasteiger partial charge is 0.270 e. The van der Waals surface area contributed by atoms with E-state index >= 15 is 0 Å². The van der Waals surface area contributed by atoms with E-state index in [0.29, 0.717) is 27.9 Å². The number of halogens is 1. The lowest BCUT2D eigenvalue weighted by Crippen LogP contribution is -2.27. The van der Waals surface area contributed by atoms with Crippen LogP contribution in [0, 0.1) is 5.95 Å². The summed E-state index contributed by atoms with van der Waals surface area (Å²) in [7, 11) is 1.46. The van der Waals surface area contributed by atoms with Crippen molar-refractivity contribution in [3.05, 3.63) is 81.8 Å². The largest absolute Gasteiger partial charge is 0.496 e. The molecule has 3 aromatic heterocycles. The molecule has 2 N–H and O–H groups in total. The number of carbonyl (C=O) groups is 1. The van der Waals surface area contributed by atoms with Crippen molar-refractivity contribution in [1.82, 2.24) is 19.7 Å². The number of aliphatic hydroxyl groups excluding tert-OH is 1. The number of carbonyl (C=O) groups excluding carboxylic acids is 1. The first-order valence-corrected chi connectivity index (χ1v) is 9.49. The number of methoxy groups -OCH3 is 1. The Bertz CT molecular complexity index is 1370. The van der Waals surface area contributed by atoms with Crippen LogP contribution in [0.4, 0.5) is 4.39 Å². The number of hydrogen-bond acceptors (Lipinski definition) is 6. The molecule has 0 saturated heterocycles. The van der Waals surface area contributed by atoms with Crippen molar-refractivity contribution in [2.24, 2.45) is 0 Å². The predicted molar refractivity (Wildman–Crippen MR) is 112 cm³/mol. The first-order chi connectivity index (χ1) is 14.9. The molecule has 4 aromatic rings. The number of amides is 1. The van der Waals surface area contributed by atoms with Crippen LogP contribution in [0.3, 0.4) is 0 Å². The van der Waals surface area contributed by atoms with E-state index in [0.717, 1.165) is 0 Å². The fourth-order valence-corrected chi connectivity index (χ4v) is 3.30. The lowest BCUT2D eigenvalue weighted by molar-refractivity contribution is 0.0945. The van der Waals surface area contributed by atoms with Crippen LogP contribution < -0.4 is 15.6 Å². The average Bonchev–Trinajstić information content (AvgIpc) is 2.76. The number of aromatic nitrogens is 3. The van der Waals surface area contributed by atoms with Gasteiger partial charge >= 0.3 is 0 Å². The molecule has 1 unspecified atom stereocenters. The van der Waals surface area contributed by atoms with Crippen LogP contribution in [-0.2, 0) is 6.54 Å². The van der Waals surface area contributed by atoms with Crippen LogP contribution in [0.1, 0.15) is 34.6 Å². The maximum absolute atomic E-state index is 14.1. The highest BCUT2D eigenvalue weighted by atomic mass is 19.1. The Balaban J connectivity index is 1.64. The third-order valence-electron chi connectivity index (χ3n) is 4.89. The predicted octanol–water partition coefficient (Wildman–Crippen LogP) is 2.37. The summed E-state index contributed by atoms with van der Waals surface area (Å²) in [6, 6.07) is 11.0. The third-order valence-corrected chi connectivity index (χ3v) is 4.89. The Morgan fingerprint density at radius 1 is 1.26 bits per heavy atom. The van der Waals surface area contributed by atoms with Gasteiger partial charge in [-0.25, -0.2) is 9.97 Å². The van der Waals surface area contributed by atoms with Crippen LogP contribution >= 0.6 is 0 Å². The molecule has 0 spiro atoms. The highest BCUT2D eigenvalue weighted by Crippen LogP contribution is 2.28. The van der Waals surface area contributed by atoms with Gasteiger partial charge in [0.25, 0.3) is 11.5 Å². The Morgan fingerprint density at radius 2 is 2.06 bits per heavy atom. The molecule has 31 heavy (non-hydrogen) atoms. The number of nitrogens with one attached hydrogen (secondary N) is 1. The minimum atomic E-state index is -1.01. The second kappa shape index (κ2) is 8.11. The van der Waals surface area contributed by atoms with E-state index in [9.17, 15) is 19.1 Å². The molecular weight excluding hydrogens is 403 g/mol. The molecule has 0 bridgehead atoms. The molecule has 1 atom stereocenters. The second-order valence-electron chi connectivity index (χ2n) is 6.99. The lowest BCUT2D eigenvalue weighted by atomic mass is 10.1. The molecule has 4 rings (SSSR count). The summed E-state index contributed by atoms with van der Waals surface area (Å²) >= 11 is 0. The van der Waals surface area contributed by atoms with E-state index in [1.165, 1.54) is 30.6 Å². The summed E-state index contributed by atoms with van der Waals surface area (Å²) in [5, 5.41) is 13.0. The molecule has 0 saturated carbocycles. The molecule has 0 aliphatic rings. The van der Waals surface area contributed by atoms with Gasteiger partial charge in [0.1, 0.15) is 17.1 Å². The first-order valence-electron chi connectivity index (χ1n) is 9.49. The van der Waals surface area contributed by atoms with Crippen molar-refractivity contribution >= 4 is 22.5 Å². The van der Waals surface area contributed by atoms with Gasteiger partial charge < -0.3 is 15.2 Å². The fourth-order valence-electron chi connectivity index (χ4n) is 3.30. The Kier molecular flexibility index (Phi) is 5.35. The number of nitrogens with zero attached hydrogens (tertiary/aromatic N) is 3. The Labute approximate surface area is 176 Å².